The molecule has 0 fully saturated rings. The van der Waals surface area contributed by atoms with E-state index in [4.69, 9.17) is 0 Å². The predicted molar refractivity (Wildman–Crippen MR) is 81.7 cm³/mol. The van der Waals surface area contributed by atoms with Gasteiger partial charge in [0.05, 0.1) is 21.3 Å². The van der Waals surface area contributed by atoms with Crippen LogP contribution in [-0.2, 0) is 16.5 Å². The van der Waals surface area contributed by atoms with Crippen LogP contribution in [0.5, 0.6) is 0 Å². The first-order valence-corrected chi connectivity index (χ1v) is 8.34. The molecule has 10 heteroatoms. The minimum atomic E-state index is -5.12. The van der Waals surface area contributed by atoms with E-state index in [-0.39, 0.29) is 0 Å². The number of nitrogens with one attached hydrogen (secondary N) is 1. The predicted octanol–water partition coefficient (Wildman–Crippen LogP) is 3.49. The van der Waals surface area contributed by atoms with Gasteiger partial charge in [-0.2, -0.15) is 13.2 Å². The number of aliphatic hydroxyl groups is 1. The first-order chi connectivity index (χ1) is 11.2. The zero-order valence-electron chi connectivity index (χ0n) is 13.8. The summed E-state index contributed by atoms with van der Waals surface area (Å²) in [5.74, 6) is -2.98. The van der Waals surface area contributed by atoms with E-state index in [1.54, 1.807) is 0 Å². The molecule has 0 heterocycles. The van der Waals surface area contributed by atoms with Crippen molar-refractivity contribution in [2.75, 3.05) is 6.67 Å². The molecule has 0 saturated carbocycles. The van der Waals surface area contributed by atoms with Crippen molar-refractivity contribution in [3.8, 4) is 0 Å². The Morgan fingerprint density at radius 1 is 1.20 bits per heavy atom. The zero-order valence-corrected chi connectivity index (χ0v) is 14.6. The quantitative estimate of drug-likeness (QED) is 0.730. The largest absolute Gasteiger partial charge is 0.414 e. The van der Waals surface area contributed by atoms with Crippen LogP contribution in [0.2, 0.25) is 0 Å². The van der Waals surface area contributed by atoms with Gasteiger partial charge in [0.2, 0.25) is 0 Å². The summed E-state index contributed by atoms with van der Waals surface area (Å²) in [6.45, 7) is 2.73. The van der Waals surface area contributed by atoms with Crippen molar-refractivity contribution in [1.29, 1.82) is 0 Å². The lowest BCUT2D eigenvalue weighted by Gasteiger charge is -2.36. The Bertz CT molecular complexity index is 631. The van der Waals surface area contributed by atoms with E-state index in [9.17, 15) is 35.7 Å². The van der Waals surface area contributed by atoms with Crippen LogP contribution in [0, 0.1) is 11.6 Å². The Hall–Kier alpha value is -1.13. The maximum Gasteiger partial charge on any atom is 0.414 e. The van der Waals surface area contributed by atoms with Gasteiger partial charge in [-0.3, -0.25) is 0 Å². The highest BCUT2D eigenvalue weighted by Crippen LogP contribution is 2.36. The average molecular weight is 391 g/mol. The molecule has 0 aliphatic rings. The second-order valence-electron chi connectivity index (χ2n) is 6.56. The van der Waals surface area contributed by atoms with Gasteiger partial charge in [-0.15, -0.1) is 0 Å². The molecule has 3 nitrogen and oxygen atoms in total. The molecule has 0 amide bonds. The highest BCUT2D eigenvalue weighted by Gasteiger charge is 2.48. The van der Waals surface area contributed by atoms with Gasteiger partial charge in [-0.05, 0) is 26.8 Å². The summed E-state index contributed by atoms with van der Waals surface area (Å²) >= 11 is 0. The monoisotopic (exact) mass is 391 g/mol. The summed E-state index contributed by atoms with van der Waals surface area (Å²) in [7, 11) is -2.12. The first-order valence-electron chi connectivity index (χ1n) is 7.19. The number of aliphatic hydroxyl groups excluding tert-OH is 1. The standard InChI is InChI=1S/C15H19F6NO2S/c1-13(2,3)25(24)22-14(8-16,7-11(23)15(19,20)21)9-5-4-6-10(17)12(9)18/h4-6,11,22-23H,7-8H2,1-3H3. The van der Waals surface area contributed by atoms with Crippen LogP contribution in [0.1, 0.15) is 32.8 Å². The van der Waals surface area contributed by atoms with Crippen molar-refractivity contribution in [1.82, 2.24) is 4.72 Å². The summed E-state index contributed by atoms with van der Waals surface area (Å²) in [5.41, 5.74) is -3.31. The number of halogens is 6. The fourth-order valence-electron chi connectivity index (χ4n) is 2.01. The molecule has 2 N–H and O–H groups in total. The second-order valence-corrected chi connectivity index (χ2v) is 8.53. The highest BCUT2D eigenvalue weighted by atomic mass is 32.2. The van der Waals surface area contributed by atoms with Gasteiger partial charge in [0.1, 0.15) is 6.67 Å². The number of benzene rings is 1. The molecule has 1 aromatic rings. The van der Waals surface area contributed by atoms with E-state index in [1.165, 1.54) is 20.8 Å². The second kappa shape index (κ2) is 7.63. The molecule has 0 aliphatic heterocycles. The molecule has 0 saturated heterocycles. The Balaban J connectivity index is 3.47. The van der Waals surface area contributed by atoms with Crippen molar-refractivity contribution in [3.63, 3.8) is 0 Å². The minimum absolute atomic E-state index is 0.711. The molecular weight excluding hydrogens is 372 g/mol. The lowest BCUT2D eigenvalue weighted by atomic mass is 9.86. The molecule has 0 spiro atoms. The Kier molecular flexibility index (Phi) is 6.69. The summed E-state index contributed by atoms with van der Waals surface area (Å²) in [4.78, 5) is 0. The van der Waals surface area contributed by atoms with Crippen LogP contribution >= 0.6 is 0 Å². The van der Waals surface area contributed by atoms with Crippen molar-refractivity contribution in [3.05, 3.63) is 35.4 Å². The van der Waals surface area contributed by atoms with Crippen LogP contribution in [-0.4, -0.2) is 33.0 Å². The Labute approximate surface area is 144 Å². The fraction of sp³-hybridized carbons (Fsp3) is 0.600. The summed E-state index contributed by atoms with van der Waals surface area (Å²) in [5, 5.41) is 9.34. The Morgan fingerprint density at radius 2 is 1.76 bits per heavy atom. The summed E-state index contributed by atoms with van der Waals surface area (Å²) < 4.78 is 93.1. The number of hydrogen-bond acceptors (Lipinski definition) is 2. The van der Waals surface area contributed by atoms with Gasteiger partial charge >= 0.3 is 6.18 Å². The lowest BCUT2D eigenvalue weighted by molar-refractivity contribution is -0.210. The van der Waals surface area contributed by atoms with Gasteiger partial charge < -0.3 is 5.11 Å². The van der Waals surface area contributed by atoms with Crippen molar-refractivity contribution >= 4 is 11.0 Å². The minimum Gasteiger partial charge on any atom is -0.384 e. The molecule has 3 unspecified atom stereocenters. The van der Waals surface area contributed by atoms with E-state index in [0.717, 1.165) is 12.1 Å². The molecule has 0 radical (unpaired) electrons. The topological polar surface area (TPSA) is 49.3 Å². The van der Waals surface area contributed by atoms with E-state index in [0.29, 0.717) is 6.07 Å². The van der Waals surface area contributed by atoms with Crippen LogP contribution in [0.15, 0.2) is 18.2 Å². The average Bonchev–Trinajstić information content (AvgIpc) is 2.47. The maximum atomic E-state index is 14.1. The van der Waals surface area contributed by atoms with Crippen LogP contribution in [0.3, 0.4) is 0 Å². The molecular formula is C15H19F6NO2S. The lowest BCUT2D eigenvalue weighted by Crippen LogP contribution is -2.53. The van der Waals surface area contributed by atoms with Crippen molar-refractivity contribution in [2.24, 2.45) is 0 Å². The summed E-state index contributed by atoms with van der Waals surface area (Å²) in [6.07, 6.45) is -9.53. The molecule has 1 aromatic carbocycles. The van der Waals surface area contributed by atoms with Crippen LogP contribution in [0.25, 0.3) is 0 Å². The van der Waals surface area contributed by atoms with Gasteiger partial charge in [0.25, 0.3) is 0 Å². The van der Waals surface area contributed by atoms with Gasteiger partial charge in [-0.1, -0.05) is 12.1 Å². The molecule has 25 heavy (non-hydrogen) atoms. The van der Waals surface area contributed by atoms with E-state index in [1.807, 2.05) is 0 Å². The number of hydrogen-bond donors (Lipinski definition) is 2. The molecule has 144 valence electrons. The van der Waals surface area contributed by atoms with E-state index < -0.39 is 63.8 Å². The molecule has 0 bridgehead atoms. The first kappa shape index (κ1) is 21.9. The molecule has 3 atom stereocenters. The van der Waals surface area contributed by atoms with Crippen LogP contribution in [0.4, 0.5) is 26.3 Å². The maximum absolute atomic E-state index is 14.1. The van der Waals surface area contributed by atoms with E-state index >= 15 is 0 Å². The smallest absolute Gasteiger partial charge is 0.384 e. The normalized spacial score (nSPS) is 17.8. The summed E-state index contributed by atoms with van der Waals surface area (Å²) in [6, 6.07) is 2.58. The zero-order chi connectivity index (χ0) is 19.6. The molecule has 1 rings (SSSR count). The van der Waals surface area contributed by atoms with Gasteiger partial charge in [0.15, 0.2) is 17.7 Å². The highest BCUT2D eigenvalue weighted by molar-refractivity contribution is 7.84. The Morgan fingerprint density at radius 3 is 2.20 bits per heavy atom. The van der Waals surface area contributed by atoms with Crippen molar-refractivity contribution < 1.29 is 35.7 Å². The number of alkyl halides is 4. The third kappa shape index (κ3) is 5.18. The molecule has 0 aliphatic carbocycles. The van der Waals surface area contributed by atoms with Gasteiger partial charge in [0, 0.05) is 12.0 Å². The molecule has 0 aromatic heterocycles. The van der Waals surface area contributed by atoms with E-state index in [2.05, 4.69) is 4.72 Å². The SMILES string of the molecule is CC(C)(C)S(=O)NC(CF)(CC(O)C(F)(F)F)c1cccc(F)c1F. The third-order valence-electron chi connectivity index (χ3n) is 3.46. The van der Waals surface area contributed by atoms with Crippen molar-refractivity contribution in [2.45, 2.75) is 49.8 Å². The third-order valence-corrected chi connectivity index (χ3v) is 5.15. The fourth-order valence-corrected chi connectivity index (χ4v) is 2.92. The number of rotatable bonds is 6. The van der Waals surface area contributed by atoms with Gasteiger partial charge in [-0.25, -0.2) is 22.1 Å². The van der Waals surface area contributed by atoms with Crippen LogP contribution < -0.4 is 4.72 Å².